The second-order valence-electron chi connectivity index (χ2n) is 13.3. The molecule has 2 aromatic carbocycles. The maximum atomic E-state index is 12.9. The number of phenolic OH excluding ortho intramolecular Hbond substituents is 1. The van der Waals surface area contributed by atoms with Crippen LogP contribution in [-0.4, -0.2) is 124 Å². The highest BCUT2D eigenvalue weighted by molar-refractivity contribution is 6.34. The molecule has 3 heterocycles. The van der Waals surface area contributed by atoms with E-state index in [-0.39, 0.29) is 30.5 Å². The third kappa shape index (κ3) is 7.99. The van der Waals surface area contributed by atoms with Crippen LogP contribution < -0.4 is 19.7 Å². The maximum absolute atomic E-state index is 12.9. The fourth-order valence-corrected chi connectivity index (χ4v) is 7.17. The number of hydrogen-bond acceptors (Lipinski definition) is 13. The summed E-state index contributed by atoms with van der Waals surface area (Å²) >= 11 is 6.67. The molecule has 0 bridgehead atoms. The fraction of sp³-hybridized carbons (Fsp3) is 0.528. The SMILES string of the molecule is C/C(=C\c1ccc(O[C@@H]2O[C@H](/C(C)=C/COc3cccc(N4CCCCC4)c3Cl)[C@@H](O)[C@@H]2O)c(O)c1)C(=O)N[C@@H]1[C@H](O)[C@@H](O)[C@H]2OCO[C@H]2[C@@H]1O. The summed E-state index contributed by atoms with van der Waals surface area (Å²) in [5, 5.41) is 66.7. The molecule has 1 amide bonds. The Morgan fingerprint density at radius 2 is 1.67 bits per heavy atom. The number of amides is 1. The van der Waals surface area contributed by atoms with E-state index in [0.29, 0.717) is 21.9 Å². The first-order valence-corrected chi connectivity index (χ1v) is 17.4. The summed E-state index contributed by atoms with van der Waals surface area (Å²) in [6, 6.07) is 8.77. The number of rotatable bonds is 10. The van der Waals surface area contributed by atoms with Crippen LogP contribution in [0.25, 0.3) is 6.08 Å². The van der Waals surface area contributed by atoms with Gasteiger partial charge >= 0.3 is 0 Å². The zero-order valence-electron chi connectivity index (χ0n) is 28.3. The van der Waals surface area contributed by atoms with Gasteiger partial charge in [-0.1, -0.05) is 23.7 Å². The summed E-state index contributed by atoms with van der Waals surface area (Å²) in [6.45, 7) is 5.12. The van der Waals surface area contributed by atoms with Crippen molar-refractivity contribution < 1.29 is 59.1 Å². The number of halogens is 1. The van der Waals surface area contributed by atoms with Gasteiger partial charge in [0.15, 0.2) is 11.5 Å². The number of carbonyl (C=O) groups excluding carboxylic acids is 1. The molecule has 3 aliphatic heterocycles. The van der Waals surface area contributed by atoms with E-state index in [1.807, 2.05) is 12.1 Å². The summed E-state index contributed by atoms with van der Waals surface area (Å²) in [4.78, 5) is 15.2. The number of anilines is 1. The summed E-state index contributed by atoms with van der Waals surface area (Å²) < 4.78 is 28.1. The van der Waals surface area contributed by atoms with Crippen molar-refractivity contribution in [2.75, 3.05) is 31.4 Å². The Kier molecular flexibility index (Phi) is 11.8. The van der Waals surface area contributed by atoms with Crippen LogP contribution in [0.5, 0.6) is 17.2 Å². The number of aromatic hydroxyl groups is 1. The Labute approximate surface area is 300 Å². The minimum Gasteiger partial charge on any atom is -0.504 e. The van der Waals surface area contributed by atoms with Crippen molar-refractivity contribution in [1.29, 1.82) is 0 Å². The van der Waals surface area contributed by atoms with E-state index in [2.05, 4.69) is 10.2 Å². The highest BCUT2D eigenvalue weighted by atomic mass is 35.5. The normalized spacial score (nSPS) is 32.8. The van der Waals surface area contributed by atoms with E-state index in [0.717, 1.165) is 31.6 Å². The highest BCUT2D eigenvalue weighted by Crippen LogP contribution is 2.37. The lowest BCUT2D eigenvalue weighted by atomic mass is 9.83. The van der Waals surface area contributed by atoms with Gasteiger partial charge in [-0.15, -0.1) is 0 Å². The topological polar surface area (TPSA) is 200 Å². The zero-order valence-corrected chi connectivity index (χ0v) is 29.1. The van der Waals surface area contributed by atoms with E-state index in [9.17, 15) is 35.4 Å². The molecule has 278 valence electrons. The van der Waals surface area contributed by atoms with Crippen molar-refractivity contribution in [1.82, 2.24) is 5.32 Å². The van der Waals surface area contributed by atoms with Crippen LogP contribution >= 0.6 is 11.6 Å². The molecule has 4 fully saturated rings. The van der Waals surface area contributed by atoms with E-state index >= 15 is 0 Å². The van der Waals surface area contributed by atoms with Gasteiger partial charge in [0.1, 0.15) is 73.0 Å². The van der Waals surface area contributed by atoms with Crippen molar-refractivity contribution >= 4 is 29.3 Å². The Morgan fingerprint density at radius 1 is 0.941 bits per heavy atom. The van der Waals surface area contributed by atoms with E-state index in [1.54, 1.807) is 25.1 Å². The lowest BCUT2D eigenvalue weighted by Gasteiger charge is -2.41. The molecule has 51 heavy (non-hydrogen) atoms. The fourth-order valence-electron chi connectivity index (χ4n) is 6.87. The van der Waals surface area contributed by atoms with E-state index in [1.165, 1.54) is 31.6 Å². The molecule has 15 heteroatoms. The highest BCUT2D eigenvalue weighted by Gasteiger charge is 2.53. The van der Waals surface area contributed by atoms with E-state index in [4.69, 9.17) is 35.3 Å². The standard InChI is InChI=1S/C36H45ClN2O12/c1-18(11-14-47-24-8-6-7-21(25(24)37)39-12-4-3-5-13-39)32-30(44)31(45)36(51-32)50-23-10-9-20(16-22(23)40)15-19(2)35(46)38-26-27(41)29(43)34-33(28(26)42)48-17-49-34/h6-11,15-16,26-34,36,40-45H,3-5,12-14,17H2,1-2H3,(H,38,46)/b18-11+,19-15+/t26-,27+,28-,29-,30+,31+,32-,33+,34-,36-/m1/s1. The Bertz CT molecular complexity index is 1620. The van der Waals surface area contributed by atoms with Crippen molar-refractivity contribution in [2.24, 2.45) is 0 Å². The number of piperidine rings is 1. The largest absolute Gasteiger partial charge is 0.504 e. The van der Waals surface area contributed by atoms with Crippen LogP contribution in [-0.2, 0) is 19.0 Å². The van der Waals surface area contributed by atoms with E-state index < -0.39 is 67.1 Å². The molecular weight excluding hydrogens is 688 g/mol. The van der Waals surface area contributed by atoms with Crippen LogP contribution in [0.4, 0.5) is 5.69 Å². The number of nitrogens with zero attached hydrogens (tertiary/aromatic N) is 1. The molecule has 7 N–H and O–H groups in total. The van der Waals surface area contributed by atoms with Gasteiger partial charge in [0.05, 0.1) is 11.7 Å². The molecule has 0 aromatic heterocycles. The molecule has 6 rings (SSSR count). The van der Waals surface area contributed by atoms with Crippen LogP contribution in [0.2, 0.25) is 5.02 Å². The summed E-state index contributed by atoms with van der Waals surface area (Å²) in [5.41, 5.74) is 2.12. The maximum Gasteiger partial charge on any atom is 0.247 e. The molecule has 1 aliphatic carbocycles. The van der Waals surface area contributed by atoms with Crippen LogP contribution in [0, 0.1) is 0 Å². The number of ether oxygens (including phenoxy) is 5. The van der Waals surface area contributed by atoms with Gasteiger partial charge in [0.2, 0.25) is 12.2 Å². The molecular formula is C36H45ClN2O12. The molecule has 0 unspecified atom stereocenters. The summed E-state index contributed by atoms with van der Waals surface area (Å²) in [6.07, 6.45) is -4.32. The van der Waals surface area contributed by atoms with Crippen molar-refractivity contribution in [3.63, 3.8) is 0 Å². The second kappa shape index (κ2) is 16.1. The Balaban J connectivity index is 1.04. The monoisotopic (exact) mass is 732 g/mol. The number of fused-ring (bicyclic) bond motifs is 1. The number of nitrogens with one attached hydrogen (secondary N) is 1. The molecule has 10 atom stereocenters. The third-order valence-electron chi connectivity index (χ3n) is 9.82. The molecule has 14 nitrogen and oxygen atoms in total. The number of hydrogen-bond donors (Lipinski definition) is 7. The number of carbonyl (C=O) groups is 1. The third-order valence-corrected chi connectivity index (χ3v) is 10.2. The van der Waals surface area contributed by atoms with Crippen molar-refractivity contribution in [3.05, 3.63) is 64.2 Å². The van der Waals surface area contributed by atoms with Gasteiger partial charge in [0, 0.05) is 18.7 Å². The number of phenols is 1. The Hall–Kier alpha value is -3.44. The van der Waals surface area contributed by atoms with Crippen molar-refractivity contribution in [3.8, 4) is 17.2 Å². The minimum absolute atomic E-state index is 0.0323. The first-order valence-electron chi connectivity index (χ1n) is 17.1. The predicted molar refractivity (Wildman–Crippen MR) is 184 cm³/mol. The van der Waals surface area contributed by atoms with Crippen molar-refractivity contribution in [2.45, 2.75) is 94.3 Å². The molecule has 4 aliphatic rings. The predicted octanol–water partition coefficient (Wildman–Crippen LogP) is 1.61. The van der Waals surface area contributed by atoms with Gasteiger partial charge in [-0.05, 0) is 80.7 Å². The second-order valence-corrected chi connectivity index (χ2v) is 13.7. The zero-order chi connectivity index (χ0) is 36.4. The van der Waals surface area contributed by atoms with Gasteiger partial charge < -0.3 is 64.5 Å². The molecule has 0 radical (unpaired) electrons. The first kappa shape index (κ1) is 37.3. The summed E-state index contributed by atoms with van der Waals surface area (Å²) in [7, 11) is 0. The average molecular weight is 733 g/mol. The molecule has 1 saturated carbocycles. The lowest BCUT2D eigenvalue weighted by molar-refractivity contribution is -0.155. The van der Waals surface area contributed by atoms with Crippen LogP contribution in [0.15, 0.2) is 53.6 Å². The average Bonchev–Trinajstić information content (AvgIpc) is 3.73. The van der Waals surface area contributed by atoms with Gasteiger partial charge in [-0.25, -0.2) is 0 Å². The lowest BCUT2D eigenvalue weighted by Crippen LogP contribution is -2.67. The molecule has 0 spiro atoms. The number of benzene rings is 2. The first-order chi connectivity index (χ1) is 24.4. The number of aliphatic hydroxyl groups excluding tert-OH is 5. The smallest absolute Gasteiger partial charge is 0.247 e. The summed E-state index contributed by atoms with van der Waals surface area (Å²) in [5.74, 6) is -0.444. The molecule has 3 saturated heterocycles. The Morgan fingerprint density at radius 3 is 2.39 bits per heavy atom. The molecule has 2 aromatic rings. The minimum atomic E-state index is -1.50. The van der Waals surface area contributed by atoms with Crippen LogP contribution in [0.1, 0.15) is 38.7 Å². The van der Waals surface area contributed by atoms with Gasteiger partial charge in [-0.3, -0.25) is 4.79 Å². The van der Waals surface area contributed by atoms with Gasteiger partial charge in [0.25, 0.3) is 0 Å². The van der Waals surface area contributed by atoms with Crippen LogP contribution in [0.3, 0.4) is 0 Å². The number of aliphatic hydroxyl groups is 5. The van der Waals surface area contributed by atoms with Gasteiger partial charge in [-0.2, -0.15) is 0 Å². The quantitative estimate of drug-likeness (QED) is 0.138.